The Morgan fingerprint density at radius 2 is 1.91 bits per heavy atom. The van der Waals surface area contributed by atoms with Gasteiger partial charge in [-0.1, -0.05) is 24.3 Å². The van der Waals surface area contributed by atoms with E-state index in [2.05, 4.69) is 65.1 Å². The number of guanidine groups is 1. The molecule has 0 amide bonds. The van der Waals surface area contributed by atoms with Crippen LogP contribution in [0.15, 0.2) is 29.3 Å². The van der Waals surface area contributed by atoms with Gasteiger partial charge in [-0.2, -0.15) is 11.8 Å². The summed E-state index contributed by atoms with van der Waals surface area (Å²) >= 11 is 1.98. The molecule has 1 aliphatic carbocycles. The van der Waals surface area contributed by atoms with Crippen LogP contribution in [0.2, 0.25) is 0 Å². The van der Waals surface area contributed by atoms with Crippen molar-refractivity contribution in [2.45, 2.75) is 43.6 Å². The molecule has 0 spiro atoms. The second-order valence-corrected chi connectivity index (χ2v) is 7.63. The average molecular weight is 335 g/mol. The molecule has 2 rings (SSSR count). The maximum Gasteiger partial charge on any atom is 0.191 e. The van der Waals surface area contributed by atoms with Crippen LogP contribution in [0.25, 0.3) is 0 Å². The smallest absolute Gasteiger partial charge is 0.191 e. The molecule has 1 aromatic rings. The zero-order valence-corrected chi connectivity index (χ0v) is 15.6. The second kappa shape index (κ2) is 9.18. The van der Waals surface area contributed by atoms with Gasteiger partial charge < -0.3 is 15.5 Å². The quantitative estimate of drug-likeness (QED) is 0.620. The maximum atomic E-state index is 4.36. The van der Waals surface area contributed by atoms with E-state index in [9.17, 15) is 0 Å². The Morgan fingerprint density at radius 3 is 2.48 bits per heavy atom. The maximum absolute atomic E-state index is 4.36. The molecule has 2 N–H and O–H groups in total. The van der Waals surface area contributed by atoms with Crippen molar-refractivity contribution in [3.63, 3.8) is 0 Å². The highest BCUT2D eigenvalue weighted by Crippen LogP contribution is 2.27. The van der Waals surface area contributed by atoms with E-state index in [-0.39, 0.29) is 0 Å². The number of aliphatic imine (C=N–C) groups is 1. The first-order valence-electron chi connectivity index (χ1n) is 8.33. The lowest BCUT2D eigenvalue weighted by molar-refractivity contribution is 0.402. The molecule has 0 aliphatic heterocycles. The highest BCUT2D eigenvalue weighted by molar-refractivity contribution is 7.99. The molecule has 0 heterocycles. The molecule has 128 valence electrons. The summed E-state index contributed by atoms with van der Waals surface area (Å²) in [5.74, 6) is 0.911. The number of benzene rings is 1. The molecule has 2 unspecified atom stereocenters. The van der Waals surface area contributed by atoms with Crippen molar-refractivity contribution >= 4 is 17.7 Å². The first kappa shape index (κ1) is 18.1. The molecule has 1 aliphatic rings. The third kappa shape index (κ3) is 6.07. The van der Waals surface area contributed by atoms with E-state index < -0.39 is 0 Å². The van der Waals surface area contributed by atoms with Gasteiger partial charge in [-0.15, -0.1) is 0 Å². The Morgan fingerprint density at radius 1 is 1.22 bits per heavy atom. The minimum absolute atomic E-state index is 0.557. The number of hydrogen-bond acceptors (Lipinski definition) is 3. The van der Waals surface area contributed by atoms with Gasteiger partial charge in [-0.25, -0.2) is 0 Å². The SMILES string of the molecule is CN=C(NCc1ccc(CN(C)C)cc1)NC1CCC(SC)C1. The van der Waals surface area contributed by atoms with Gasteiger partial charge in [0.25, 0.3) is 0 Å². The number of nitrogens with one attached hydrogen (secondary N) is 2. The normalized spacial score (nSPS) is 21.7. The van der Waals surface area contributed by atoms with E-state index >= 15 is 0 Å². The van der Waals surface area contributed by atoms with Gasteiger partial charge in [0.15, 0.2) is 5.96 Å². The third-order valence-corrected chi connectivity index (χ3v) is 5.36. The third-order valence-electron chi connectivity index (χ3n) is 4.26. The molecule has 1 fully saturated rings. The zero-order chi connectivity index (χ0) is 16.7. The molecule has 0 bridgehead atoms. The number of thioether (sulfide) groups is 1. The second-order valence-electron chi connectivity index (χ2n) is 6.49. The van der Waals surface area contributed by atoms with Crippen LogP contribution in [0.1, 0.15) is 30.4 Å². The van der Waals surface area contributed by atoms with Crippen molar-refractivity contribution in [3.8, 4) is 0 Å². The van der Waals surface area contributed by atoms with Crippen LogP contribution in [-0.4, -0.2) is 49.6 Å². The topological polar surface area (TPSA) is 39.7 Å². The summed E-state index contributed by atoms with van der Waals surface area (Å²) in [5.41, 5.74) is 2.62. The summed E-state index contributed by atoms with van der Waals surface area (Å²) in [6.07, 6.45) is 6.00. The molecule has 1 aromatic carbocycles. The number of nitrogens with zero attached hydrogens (tertiary/aromatic N) is 2. The summed E-state index contributed by atoms with van der Waals surface area (Å²) in [4.78, 5) is 6.54. The van der Waals surface area contributed by atoms with Crippen molar-refractivity contribution in [2.24, 2.45) is 4.99 Å². The fraction of sp³-hybridized carbons (Fsp3) is 0.611. The molecule has 23 heavy (non-hydrogen) atoms. The fourth-order valence-electron chi connectivity index (χ4n) is 2.99. The lowest BCUT2D eigenvalue weighted by atomic mass is 10.1. The van der Waals surface area contributed by atoms with Crippen LogP contribution in [0, 0.1) is 0 Å². The predicted octanol–water partition coefficient (Wildman–Crippen LogP) is 2.70. The van der Waals surface area contributed by atoms with Gasteiger partial charge in [0.2, 0.25) is 0 Å². The van der Waals surface area contributed by atoms with E-state index in [4.69, 9.17) is 0 Å². The van der Waals surface area contributed by atoms with Crippen molar-refractivity contribution < 1.29 is 0 Å². The van der Waals surface area contributed by atoms with Gasteiger partial charge in [-0.05, 0) is 50.7 Å². The molecular weight excluding hydrogens is 304 g/mol. The van der Waals surface area contributed by atoms with E-state index in [1.54, 1.807) is 0 Å². The fourth-order valence-corrected chi connectivity index (χ4v) is 3.78. The predicted molar refractivity (Wildman–Crippen MR) is 102 cm³/mol. The van der Waals surface area contributed by atoms with Crippen LogP contribution in [0.3, 0.4) is 0 Å². The van der Waals surface area contributed by atoms with Crippen LogP contribution in [0.4, 0.5) is 0 Å². The molecule has 1 saturated carbocycles. The lowest BCUT2D eigenvalue weighted by Gasteiger charge is -2.17. The summed E-state index contributed by atoms with van der Waals surface area (Å²) in [6.45, 7) is 1.79. The minimum atomic E-state index is 0.557. The first-order valence-corrected chi connectivity index (χ1v) is 9.62. The first-order chi connectivity index (χ1) is 11.1. The molecule has 4 nitrogen and oxygen atoms in total. The van der Waals surface area contributed by atoms with Crippen LogP contribution >= 0.6 is 11.8 Å². The summed E-state index contributed by atoms with van der Waals surface area (Å²) in [5, 5.41) is 7.78. The monoisotopic (exact) mass is 334 g/mol. The minimum Gasteiger partial charge on any atom is -0.354 e. The van der Waals surface area contributed by atoms with Crippen LogP contribution in [-0.2, 0) is 13.1 Å². The summed E-state index contributed by atoms with van der Waals surface area (Å²) in [6, 6.07) is 9.35. The lowest BCUT2D eigenvalue weighted by Crippen LogP contribution is -2.42. The molecular formula is C18H30N4S. The van der Waals surface area contributed by atoms with Crippen molar-refractivity contribution in [1.29, 1.82) is 0 Å². The molecule has 0 saturated heterocycles. The Balaban J connectivity index is 1.79. The van der Waals surface area contributed by atoms with E-state index in [0.29, 0.717) is 6.04 Å². The summed E-state index contributed by atoms with van der Waals surface area (Å²) in [7, 11) is 6.03. The standard InChI is InChI=1S/C18H30N4S/c1-19-18(21-16-9-10-17(11-16)23-4)20-12-14-5-7-15(8-6-14)13-22(2)3/h5-8,16-17H,9-13H2,1-4H3,(H2,19,20,21). The zero-order valence-electron chi connectivity index (χ0n) is 14.8. The van der Waals surface area contributed by atoms with Crippen LogP contribution in [0.5, 0.6) is 0 Å². The van der Waals surface area contributed by atoms with Crippen molar-refractivity contribution in [3.05, 3.63) is 35.4 Å². The highest BCUT2D eigenvalue weighted by atomic mass is 32.2. The molecule has 0 aromatic heterocycles. The van der Waals surface area contributed by atoms with E-state index in [0.717, 1.165) is 24.3 Å². The number of hydrogen-bond donors (Lipinski definition) is 2. The highest BCUT2D eigenvalue weighted by Gasteiger charge is 2.24. The molecule has 2 atom stereocenters. The Bertz CT molecular complexity index is 498. The van der Waals surface area contributed by atoms with E-state index in [1.165, 1.54) is 30.4 Å². The summed E-state index contributed by atoms with van der Waals surface area (Å²) < 4.78 is 0. The van der Waals surface area contributed by atoms with Crippen molar-refractivity contribution in [1.82, 2.24) is 15.5 Å². The molecule has 0 radical (unpaired) electrons. The average Bonchev–Trinajstić information content (AvgIpc) is 3.00. The van der Waals surface area contributed by atoms with Gasteiger partial charge in [0, 0.05) is 31.4 Å². The molecule has 5 heteroatoms. The van der Waals surface area contributed by atoms with Gasteiger partial charge in [-0.3, -0.25) is 4.99 Å². The van der Waals surface area contributed by atoms with Gasteiger partial charge in [0.05, 0.1) is 0 Å². The van der Waals surface area contributed by atoms with Gasteiger partial charge >= 0.3 is 0 Å². The van der Waals surface area contributed by atoms with E-state index in [1.807, 2.05) is 18.8 Å². The Hall–Kier alpha value is -1.20. The van der Waals surface area contributed by atoms with Crippen molar-refractivity contribution in [2.75, 3.05) is 27.4 Å². The largest absolute Gasteiger partial charge is 0.354 e. The number of rotatable bonds is 6. The van der Waals surface area contributed by atoms with Gasteiger partial charge in [0.1, 0.15) is 0 Å². The van der Waals surface area contributed by atoms with Crippen LogP contribution < -0.4 is 10.6 Å². The Labute approximate surface area is 145 Å². The Kier molecular flexibility index (Phi) is 7.24.